The molecule has 1 aromatic rings. The van der Waals surface area contributed by atoms with Crippen LogP contribution < -0.4 is 0 Å². The predicted molar refractivity (Wildman–Crippen MR) is 42.6 cm³/mol. The summed E-state index contributed by atoms with van der Waals surface area (Å²) in [7, 11) is -3.22. The largest absolute Gasteiger partial charge is 0.233 e. The number of hydrogen-bond donors (Lipinski definition) is 0. The lowest BCUT2D eigenvalue weighted by atomic mass is 11.0. The highest BCUT2D eigenvalue weighted by Gasteiger charge is 2.16. The van der Waals surface area contributed by atoms with Crippen LogP contribution in [0, 0.1) is 0 Å². The van der Waals surface area contributed by atoms with E-state index in [0.717, 1.165) is 11.3 Å². The Kier molecular flexibility index (Phi) is 2.46. The number of sulfone groups is 1. The number of aromatic nitrogens is 2. The zero-order valence-electron chi connectivity index (χ0n) is 5.61. The number of halogens is 1. The van der Waals surface area contributed by atoms with Crippen molar-refractivity contribution in [3.8, 4) is 0 Å². The molecule has 4 nitrogen and oxygen atoms in total. The van der Waals surface area contributed by atoms with Crippen molar-refractivity contribution in [2.75, 3.05) is 5.75 Å². The Morgan fingerprint density at radius 1 is 1.55 bits per heavy atom. The van der Waals surface area contributed by atoms with Gasteiger partial charge in [-0.2, -0.15) is 0 Å². The molecule has 62 valence electrons. The first kappa shape index (κ1) is 8.89. The van der Waals surface area contributed by atoms with E-state index in [2.05, 4.69) is 10.2 Å². The second-order valence-corrected chi connectivity index (χ2v) is 5.74. The lowest BCUT2D eigenvalue weighted by Gasteiger charge is -1.89. The number of nitrogens with zero attached hydrogens (tertiary/aromatic N) is 2. The van der Waals surface area contributed by atoms with Crippen LogP contribution in [-0.4, -0.2) is 24.4 Å². The quantitative estimate of drug-likeness (QED) is 0.734. The molecule has 0 aliphatic carbocycles. The molecule has 0 unspecified atom stereocenters. The van der Waals surface area contributed by atoms with Gasteiger partial charge in [-0.1, -0.05) is 18.3 Å². The monoisotopic (exact) mass is 212 g/mol. The minimum absolute atomic E-state index is 0.00926. The van der Waals surface area contributed by atoms with Gasteiger partial charge in [0.05, 0.1) is 5.75 Å². The fourth-order valence-electron chi connectivity index (χ4n) is 0.442. The fraction of sp³-hybridized carbons (Fsp3) is 0.500. The van der Waals surface area contributed by atoms with Crippen molar-refractivity contribution in [2.45, 2.75) is 11.3 Å². The molecular weight excluding hydrogens is 208 g/mol. The summed E-state index contributed by atoms with van der Waals surface area (Å²) in [5, 5.41) is 6.79. The van der Waals surface area contributed by atoms with E-state index in [1.165, 1.54) is 0 Å². The fourth-order valence-corrected chi connectivity index (χ4v) is 2.65. The van der Waals surface area contributed by atoms with Gasteiger partial charge in [0.25, 0.3) is 0 Å². The lowest BCUT2D eigenvalue weighted by Crippen LogP contribution is -2.02. The van der Waals surface area contributed by atoms with E-state index in [9.17, 15) is 8.42 Å². The third-order valence-electron chi connectivity index (χ3n) is 1.03. The molecule has 1 aromatic heterocycles. The highest BCUT2D eigenvalue weighted by molar-refractivity contribution is 7.93. The van der Waals surface area contributed by atoms with Crippen LogP contribution in [0.5, 0.6) is 0 Å². The minimum Gasteiger partial charge on any atom is -0.221 e. The first-order valence-corrected chi connectivity index (χ1v) is 5.62. The van der Waals surface area contributed by atoms with Gasteiger partial charge >= 0.3 is 0 Å². The summed E-state index contributed by atoms with van der Waals surface area (Å²) in [4.78, 5) is 0. The van der Waals surface area contributed by atoms with Crippen LogP contribution in [0.3, 0.4) is 0 Å². The number of hydrogen-bond acceptors (Lipinski definition) is 5. The van der Waals surface area contributed by atoms with Crippen molar-refractivity contribution in [2.24, 2.45) is 0 Å². The molecule has 0 saturated carbocycles. The zero-order valence-corrected chi connectivity index (χ0v) is 8.00. The average Bonchev–Trinajstić information content (AvgIpc) is 2.36. The van der Waals surface area contributed by atoms with Gasteiger partial charge in [-0.3, -0.25) is 0 Å². The Bertz CT molecular complexity index is 345. The van der Waals surface area contributed by atoms with Gasteiger partial charge in [0.15, 0.2) is 0 Å². The molecule has 0 saturated heterocycles. The van der Waals surface area contributed by atoms with Gasteiger partial charge in [-0.25, -0.2) is 8.42 Å². The summed E-state index contributed by atoms with van der Waals surface area (Å²) in [6.07, 6.45) is 0. The van der Waals surface area contributed by atoms with Crippen molar-refractivity contribution >= 4 is 32.8 Å². The third-order valence-corrected chi connectivity index (χ3v) is 4.23. The Morgan fingerprint density at radius 2 is 2.18 bits per heavy atom. The Morgan fingerprint density at radius 3 is 2.55 bits per heavy atom. The van der Waals surface area contributed by atoms with Crippen molar-refractivity contribution in [3.05, 3.63) is 4.47 Å². The molecule has 0 amide bonds. The van der Waals surface area contributed by atoms with Gasteiger partial charge in [0.2, 0.25) is 18.6 Å². The zero-order chi connectivity index (χ0) is 8.48. The Balaban J connectivity index is 3.13. The summed E-state index contributed by atoms with van der Waals surface area (Å²) in [6, 6.07) is 0. The van der Waals surface area contributed by atoms with E-state index in [1.54, 1.807) is 6.92 Å². The lowest BCUT2D eigenvalue weighted by molar-refractivity contribution is 0.595. The molecule has 0 N–H and O–H groups in total. The second-order valence-electron chi connectivity index (χ2n) is 1.72. The molecule has 0 bridgehead atoms. The highest BCUT2D eigenvalue weighted by atomic mass is 35.5. The molecule has 0 fully saturated rings. The van der Waals surface area contributed by atoms with Gasteiger partial charge in [-0.05, 0) is 11.6 Å². The smallest absolute Gasteiger partial charge is 0.221 e. The van der Waals surface area contributed by atoms with E-state index in [0.29, 0.717) is 0 Å². The van der Waals surface area contributed by atoms with E-state index in [1.807, 2.05) is 0 Å². The maximum absolute atomic E-state index is 11.1. The topological polar surface area (TPSA) is 59.9 Å². The molecule has 1 rings (SSSR count). The molecule has 0 aliphatic heterocycles. The summed E-state index contributed by atoms with van der Waals surface area (Å²) in [6.45, 7) is 1.55. The molecule has 7 heteroatoms. The Labute approximate surface area is 73.1 Å². The number of rotatable bonds is 2. The SMILES string of the molecule is CCS(=O)(=O)c1nnc(Cl)s1. The van der Waals surface area contributed by atoms with E-state index in [-0.39, 0.29) is 14.6 Å². The van der Waals surface area contributed by atoms with Gasteiger partial charge in [-0.15, -0.1) is 10.2 Å². The minimum atomic E-state index is -3.22. The summed E-state index contributed by atoms with van der Waals surface area (Å²) >= 11 is 6.28. The highest BCUT2D eigenvalue weighted by Crippen LogP contribution is 2.19. The van der Waals surface area contributed by atoms with E-state index >= 15 is 0 Å². The van der Waals surface area contributed by atoms with Crippen LogP contribution in [0.1, 0.15) is 6.92 Å². The van der Waals surface area contributed by atoms with Crippen molar-refractivity contribution in [3.63, 3.8) is 0 Å². The van der Waals surface area contributed by atoms with Crippen LogP contribution >= 0.6 is 22.9 Å². The normalized spacial score (nSPS) is 11.8. The maximum Gasteiger partial charge on any atom is 0.233 e. The Hall–Kier alpha value is -0.200. The predicted octanol–water partition coefficient (Wildman–Crippen LogP) is 0.985. The summed E-state index contributed by atoms with van der Waals surface area (Å²) in [5.74, 6) is 0.0263. The standard InChI is InChI=1S/C4H5ClN2O2S2/c1-2-11(8,9)4-7-6-3(5)10-4/h2H2,1H3. The van der Waals surface area contributed by atoms with Crippen LogP contribution in [0.15, 0.2) is 4.34 Å². The van der Waals surface area contributed by atoms with Crippen molar-refractivity contribution < 1.29 is 8.42 Å². The second kappa shape index (κ2) is 3.04. The van der Waals surface area contributed by atoms with E-state index < -0.39 is 9.84 Å². The molecular formula is C4H5ClN2O2S2. The molecule has 0 radical (unpaired) electrons. The van der Waals surface area contributed by atoms with Crippen molar-refractivity contribution in [1.29, 1.82) is 0 Å². The van der Waals surface area contributed by atoms with Gasteiger partial charge in [0.1, 0.15) is 0 Å². The summed E-state index contributed by atoms with van der Waals surface area (Å²) < 4.78 is 22.3. The first-order valence-electron chi connectivity index (χ1n) is 2.78. The van der Waals surface area contributed by atoms with Crippen LogP contribution in [0.25, 0.3) is 0 Å². The molecule has 1 heterocycles. The van der Waals surface area contributed by atoms with Crippen molar-refractivity contribution in [1.82, 2.24) is 10.2 Å². The van der Waals surface area contributed by atoms with Gasteiger partial charge in [0, 0.05) is 0 Å². The molecule has 0 spiro atoms. The van der Waals surface area contributed by atoms with E-state index in [4.69, 9.17) is 11.6 Å². The van der Waals surface area contributed by atoms with Gasteiger partial charge < -0.3 is 0 Å². The van der Waals surface area contributed by atoms with Crippen LogP contribution in [0.2, 0.25) is 4.47 Å². The first-order chi connectivity index (χ1) is 5.06. The summed E-state index contributed by atoms with van der Waals surface area (Å²) in [5.41, 5.74) is 0. The molecule has 11 heavy (non-hydrogen) atoms. The third kappa shape index (κ3) is 1.88. The average molecular weight is 213 g/mol. The molecule has 0 aromatic carbocycles. The van der Waals surface area contributed by atoms with Crippen LogP contribution in [0.4, 0.5) is 0 Å². The molecule has 0 aliphatic rings. The molecule has 0 atom stereocenters. The maximum atomic E-state index is 11.1. The van der Waals surface area contributed by atoms with Crippen LogP contribution in [-0.2, 0) is 9.84 Å².